The summed E-state index contributed by atoms with van der Waals surface area (Å²) in [6.07, 6.45) is 6.40. The van der Waals surface area contributed by atoms with Crippen LogP contribution in [0.25, 0.3) is 0 Å². The maximum Gasteiger partial charge on any atom is 0.0491 e. The molecule has 0 aromatic rings. The Morgan fingerprint density at radius 1 is 1.08 bits per heavy atom. The molecule has 1 atom stereocenters. The third kappa shape index (κ3) is 8.06. The van der Waals surface area contributed by atoms with Gasteiger partial charge in [-0.05, 0) is 18.8 Å². The third-order valence-electron chi connectivity index (χ3n) is 2.08. The quantitative estimate of drug-likeness (QED) is 0.508. The van der Waals surface area contributed by atoms with Gasteiger partial charge >= 0.3 is 0 Å². The molecule has 0 rings (SSSR count). The highest BCUT2D eigenvalue weighted by Gasteiger charge is 1.99. The Morgan fingerprint density at radius 3 is 2.42 bits per heavy atom. The summed E-state index contributed by atoms with van der Waals surface area (Å²) >= 11 is 0. The zero-order chi connectivity index (χ0) is 9.23. The van der Waals surface area contributed by atoms with Gasteiger partial charge in [-0.1, -0.05) is 40.0 Å². The van der Waals surface area contributed by atoms with Crippen molar-refractivity contribution in [3.05, 3.63) is 0 Å². The van der Waals surface area contributed by atoms with Crippen LogP contribution in [-0.4, -0.2) is 13.2 Å². The van der Waals surface area contributed by atoms with Crippen molar-refractivity contribution < 1.29 is 4.74 Å². The Labute approximate surface area is 77.5 Å². The number of hydrogen-bond donors (Lipinski definition) is 0. The molecule has 1 nitrogen and oxygen atoms in total. The van der Waals surface area contributed by atoms with Gasteiger partial charge in [-0.2, -0.15) is 0 Å². The maximum absolute atomic E-state index is 5.55. The van der Waals surface area contributed by atoms with E-state index in [-0.39, 0.29) is 0 Å². The lowest BCUT2D eigenvalue weighted by molar-refractivity contribution is 0.0986. The maximum atomic E-state index is 5.55. The van der Waals surface area contributed by atoms with Crippen LogP contribution >= 0.6 is 0 Å². The van der Waals surface area contributed by atoms with Crippen molar-refractivity contribution in [2.45, 2.75) is 52.9 Å². The van der Waals surface area contributed by atoms with Gasteiger partial charge in [0.25, 0.3) is 0 Å². The topological polar surface area (TPSA) is 9.23 Å². The Kier molecular flexibility index (Phi) is 9.02. The van der Waals surface area contributed by atoms with Gasteiger partial charge in [0.2, 0.25) is 0 Å². The Morgan fingerprint density at radius 2 is 1.83 bits per heavy atom. The van der Waals surface area contributed by atoms with E-state index >= 15 is 0 Å². The summed E-state index contributed by atoms with van der Waals surface area (Å²) in [4.78, 5) is 0. The van der Waals surface area contributed by atoms with Crippen molar-refractivity contribution in [1.82, 2.24) is 0 Å². The van der Waals surface area contributed by atoms with Crippen LogP contribution in [0.15, 0.2) is 0 Å². The van der Waals surface area contributed by atoms with E-state index in [9.17, 15) is 0 Å². The second-order valence-electron chi connectivity index (χ2n) is 3.68. The van der Waals surface area contributed by atoms with E-state index in [1.165, 1.54) is 32.1 Å². The second-order valence-corrected chi connectivity index (χ2v) is 3.68. The van der Waals surface area contributed by atoms with Crippen LogP contribution in [0.2, 0.25) is 0 Å². The molecule has 0 aromatic heterocycles. The summed E-state index contributed by atoms with van der Waals surface area (Å²) in [5, 5.41) is 0. The third-order valence-corrected chi connectivity index (χ3v) is 2.08. The molecular weight excluding hydrogens is 148 g/mol. The van der Waals surface area contributed by atoms with Gasteiger partial charge in [0.05, 0.1) is 0 Å². The van der Waals surface area contributed by atoms with Crippen molar-refractivity contribution >= 4 is 0 Å². The van der Waals surface area contributed by atoms with E-state index in [1.807, 2.05) is 0 Å². The first-order valence-electron chi connectivity index (χ1n) is 5.39. The first kappa shape index (κ1) is 12.0. The Balaban J connectivity index is 2.97. The predicted octanol–water partition coefficient (Wildman–Crippen LogP) is 3.63. The summed E-state index contributed by atoms with van der Waals surface area (Å²) < 4.78 is 5.55. The number of hydrogen-bond acceptors (Lipinski definition) is 1. The molecule has 0 aliphatic rings. The van der Waals surface area contributed by atoms with E-state index in [1.54, 1.807) is 0 Å². The van der Waals surface area contributed by atoms with Crippen LogP contribution in [0.3, 0.4) is 0 Å². The van der Waals surface area contributed by atoms with Crippen LogP contribution in [0.4, 0.5) is 0 Å². The highest BCUT2D eigenvalue weighted by molar-refractivity contribution is 4.49. The number of ether oxygens (including phenoxy) is 1. The van der Waals surface area contributed by atoms with E-state index in [0.29, 0.717) is 0 Å². The molecule has 0 saturated carbocycles. The molecule has 0 N–H and O–H groups in total. The van der Waals surface area contributed by atoms with Gasteiger partial charge < -0.3 is 4.74 Å². The van der Waals surface area contributed by atoms with Crippen LogP contribution < -0.4 is 0 Å². The molecule has 74 valence electrons. The SMILES string of the molecule is CCCCCOCC(C)CCC. The number of rotatable bonds is 8. The second kappa shape index (κ2) is 9.05. The Bertz CT molecular complexity index is 81.1. The number of unbranched alkanes of at least 4 members (excludes halogenated alkanes) is 2. The average Bonchev–Trinajstić information content (AvgIpc) is 2.05. The van der Waals surface area contributed by atoms with Crippen molar-refractivity contribution in [2.24, 2.45) is 5.92 Å². The zero-order valence-electron chi connectivity index (χ0n) is 8.94. The molecule has 0 amide bonds. The molecule has 0 aliphatic carbocycles. The first-order valence-corrected chi connectivity index (χ1v) is 5.39. The predicted molar refractivity (Wildman–Crippen MR) is 54.4 cm³/mol. The molecule has 1 unspecified atom stereocenters. The highest BCUT2D eigenvalue weighted by Crippen LogP contribution is 2.05. The molecule has 1 heteroatoms. The van der Waals surface area contributed by atoms with Gasteiger partial charge in [0.1, 0.15) is 0 Å². The molecule has 0 fully saturated rings. The molecule has 0 aromatic carbocycles. The molecule has 0 radical (unpaired) electrons. The van der Waals surface area contributed by atoms with Crippen molar-refractivity contribution in [3.8, 4) is 0 Å². The minimum atomic E-state index is 0.747. The fourth-order valence-corrected chi connectivity index (χ4v) is 1.31. The first-order chi connectivity index (χ1) is 5.81. The largest absolute Gasteiger partial charge is 0.381 e. The van der Waals surface area contributed by atoms with Gasteiger partial charge in [-0.25, -0.2) is 0 Å². The van der Waals surface area contributed by atoms with Gasteiger partial charge in [0.15, 0.2) is 0 Å². The van der Waals surface area contributed by atoms with E-state index in [0.717, 1.165) is 19.1 Å². The smallest absolute Gasteiger partial charge is 0.0491 e. The molecule has 0 bridgehead atoms. The van der Waals surface area contributed by atoms with Crippen LogP contribution in [0.5, 0.6) is 0 Å². The van der Waals surface area contributed by atoms with E-state index in [2.05, 4.69) is 20.8 Å². The zero-order valence-corrected chi connectivity index (χ0v) is 8.94. The molecule has 12 heavy (non-hydrogen) atoms. The van der Waals surface area contributed by atoms with Gasteiger partial charge in [0, 0.05) is 13.2 Å². The molecular formula is C11H24O. The molecule has 0 aliphatic heterocycles. The summed E-state index contributed by atoms with van der Waals surface area (Å²) in [5.41, 5.74) is 0. The normalized spacial score (nSPS) is 13.2. The lowest BCUT2D eigenvalue weighted by Crippen LogP contribution is -2.06. The summed E-state index contributed by atoms with van der Waals surface area (Å²) in [6, 6.07) is 0. The van der Waals surface area contributed by atoms with Crippen molar-refractivity contribution in [2.75, 3.05) is 13.2 Å². The minimum Gasteiger partial charge on any atom is -0.381 e. The lowest BCUT2D eigenvalue weighted by Gasteiger charge is -2.10. The summed E-state index contributed by atoms with van der Waals surface area (Å²) in [6.45, 7) is 8.63. The van der Waals surface area contributed by atoms with Crippen molar-refractivity contribution in [1.29, 1.82) is 0 Å². The van der Waals surface area contributed by atoms with E-state index < -0.39 is 0 Å². The van der Waals surface area contributed by atoms with E-state index in [4.69, 9.17) is 4.74 Å². The summed E-state index contributed by atoms with van der Waals surface area (Å²) in [5.74, 6) is 0.747. The molecule has 0 heterocycles. The summed E-state index contributed by atoms with van der Waals surface area (Å²) in [7, 11) is 0. The van der Waals surface area contributed by atoms with Crippen molar-refractivity contribution in [3.63, 3.8) is 0 Å². The minimum absolute atomic E-state index is 0.747. The fourth-order valence-electron chi connectivity index (χ4n) is 1.31. The standard InChI is InChI=1S/C11H24O/c1-4-6-7-9-12-10-11(3)8-5-2/h11H,4-10H2,1-3H3. The molecule has 0 spiro atoms. The van der Waals surface area contributed by atoms with Crippen LogP contribution in [0, 0.1) is 5.92 Å². The van der Waals surface area contributed by atoms with Crippen LogP contribution in [0.1, 0.15) is 52.9 Å². The lowest BCUT2D eigenvalue weighted by atomic mass is 10.1. The average molecular weight is 172 g/mol. The van der Waals surface area contributed by atoms with Gasteiger partial charge in [-0.15, -0.1) is 0 Å². The fraction of sp³-hybridized carbons (Fsp3) is 1.00. The van der Waals surface area contributed by atoms with Gasteiger partial charge in [-0.3, -0.25) is 0 Å². The Hall–Kier alpha value is -0.0400. The van der Waals surface area contributed by atoms with Crippen LogP contribution in [-0.2, 0) is 4.74 Å². The molecule has 0 saturated heterocycles. The highest BCUT2D eigenvalue weighted by atomic mass is 16.5. The monoisotopic (exact) mass is 172 g/mol.